The largest absolute Gasteiger partial charge is 0.313 e. The van der Waals surface area contributed by atoms with Crippen LogP contribution in [0.5, 0.6) is 0 Å². The van der Waals surface area contributed by atoms with E-state index >= 15 is 0 Å². The second-order valence-corrected chi connectivity index (χ2v) is 5.79. The van der Waals surface area contributed by atoms with E-state index in [9.17, 15) is 8.42 Å². The zero-order valence-corrected chi connectivity index (χ0v) is 10.8. The van der Waals surface area contributed by atoms with Crippen LogP contribution in [0, 0.1) is 22.7 Å². The first kappa shape index (κ1) is 13.4. The van der Waals surface area contributed by atoms with Crippen LogP contribution in [0.4, 0.5) is 0 Å². The Balaban J connectivity index is 2.48. The van der Waals surface area contributed by atoms with Crippen LogP contribution in [-0.2, 0) is 10.0 Å². The Morgan fingerprint density at radius 2 is 2.26 bits per heavy atom. The normalized spacial score (nSPS) is 20.4. The molecule has 7 nitrogen and oxygen atoms in total. The van der Waals surface area contributed by atoms with E-state index in [-0.39, 0.29) is 23.7 Å². The Labute approximate surface area is 111 Å². The molecule has 8 heteroatoms. The number of pyridine rings is 1. The molecule has 19 heavy (non-hydrogen) atoms. The number of piperazine rings is 1. The molecule has 0 bridgehead atoms. The third kappa shape index (κ3) is 2.42. The number of hydrogen-bond donors (Lipinski definition) is 1. The van der Waals surface area contributed by atoms with Crippen LogP contribution in [0.15, 0.2) is 23.2 Å². The standard InChI is InChI=1S/C11H11N5O2S/c12-6-9-8-14-4-5-16(9)19(17,18)11-2-1-3-15-10(11)7-13/h1-3,9,14H,4-5,8H2. The molecule has 1 aliphatic heterocycles. The van der Waals surface area contributed by atoms with Gasteiger partial charge in [0.05, 0.1) is 6.07 Å². The fourth-order valence-electron chi connectivity index (χ4n) is 1.89. The number of sulfonamides is 1. The smallest absolute Gasteiger partial charge is 0.247 e. The highest BCUT2D eigenvalue weighted by Gasteiger charge is 2.35. The van der Waals surface area contributed by atoms with Crippen LogP contribution in [0.1, 0.15) is 5.69 Å². The zero-order chi connectivity index (χ0) is 13.9. The quantitative estimate of drug-likeness (QED) is 0.776. The topological polar surface area (TPSA) is 110 Å². The molecule has 0 saturated carbocycles. The van der Waals surface area contributed by atoms with E-state index in [0.717, 1.165) is 4.31 Å². The average Bonchev–Trinajstić information content (AvgIpc) is 2.47. The Kier molecular flexibility index (Phi) is 3.76. The lowest BCUT2D eigenvalue weighted by Gasteiger charge is -2.30. The monoisotopic (exact) mass is 277 g/mol. The summed E-state index contributed by atoms with van der Waals surface area (Å²) in [4.78, 5) is 3.59. The lowest BCUT2D eigenvalue weighted by molar-refractivity contribution is 0.311. The van der Waals surface area contributed by atoms with E-state index in [0.29, 0.717) is 6.54 Å². The minimum atomic E-state index is -3.88. The molecular formula is C11H11N5O2S. The summed E-state index contributed by atoms with van der Waals surface area (Å²) in [5, 5.41) is 20.9. The zero-order valence-electron chi connectivity index (χ0n) is 9.94. The van der Waals surface area contributed by atoms with Crippen molar-refractivity contribution in [3.8, 4) is 12.1 Å². The van der Waals surface area contributed by atoms with Gasteiger partial charge in [0.1, 0.15) is 17.0 Å². The van der Waals surface area contributed by atoms with Crippen molar-refractivity contribution in [3.63, 3.8) is 0 Å². The highest BCUT2D eigenvalue weighted by atomic mass is 32.2. The molecular weight excluding hydrogens is 266 g/mol. The molecule has 1 aromatic heterocycles. The van der Waals surface area contributed by atoms with Crippen LogP contribution in [0.3, 0.4) is 0 Å². The number of hydrogen-bond acceptors (Lipinski definition) is 6. The minimum absolute atomic E-state index is 0.153. The van der Waals surface area contributed by atoms with Gasteiger partial charge in [0.2, 0.25) is 10.0 Å². The maximum atomic E-state index is 12.5. The summed E-state index contributed by atoms with van der Waals surface area (Å²) in [6.45, 7) is 0.942. The van der Waals surface area contributed by atoms with Crippen molar-refractivity contribution in [1.29, 1.82) is 10.5 Å². The second-order valence-electron chi connectivity index (χ2n) is 3.93. The van der Waals surface area contributed by atoms with Crippen LogP contribution < -0.4 is 5.32 Å². The summed E-state index contributed by atoms with van der Waals surface area (Å²) in [6.07, 6.45) is 1.36. The van der Waals surface area contributed by atoms with Gasteiger partial charge < -0.3 is 5.32 Å². The summed E-state index contributed by atoms with van der Waals surface area (Å²) in [5.41, 5.74) is -0.155. The van der Waals surface area contributed by atoms with Crippen LogP contribution in [0.2, 0.25) is 0 Å². The van der Waals surface area contributed by atoms with E-state index in [1.807, 2.05) is 6.07 Å². The van der Waals surface area contributed by atoms with Crippen molar-refractivity contribution in [2.24, 2.45) is 0 Å². The van der Waals surface area contributed by atoms with Crippen LogP contribution in [0.25, 0.3) is 0 Å². The SMILES string of the molecule is N#Cc1ncccc1S(=O)(=O)N1CCNCC1C#N. The van der Waals surface area contributed by atoms with Crippen molar-refractivity contribution < 1.29 is 8.42 Å². The first-order chi connectivity index (χ1) is 9.11. The van der Waals surface area contributed by atoms with Crippen LogP contribution >= 0.6 is 0 Å². The molecule has 1 saturated heterocycles. The molecule has 2 heterocycles. The molecule has 1 N–H and O–H groups in total. The van der Waals surface area contributed by atoms with Gasteiger partial charge in [0, 0.05) is 25.8 Å². The predicted molar refractivity (Wildman–Crippen MR) is 65.1 cm³/mol. The molecule has 1 aromatic rings. The molecule has 0 aromatic carbocycles. The maximum absolute atomic E-state index is 12.5. The summed E-state index contributed by atoms with van der Waals surface area (Å²) < 4.78 is 26.1. The lowest BCUT2D eigenvalue weighted by atomic mass is 10.3. The van der Waals surface area contributed by atoms with Gasteiger partial charge in [-0.1, -0.05) is 0 Å². The van der Waals surface area contributed by atoms with Crippen molar-refractivity contribution in [2.45, 2.75) is 10.9 Å². The van der Waals surface area contributed by atoms with Crippen molar-refractivity contribution in [3.05, 3.63) is 24.0 Å². The molecule has 0 aliphatic carbocycles. The molecule has 0 amide bonds. The van der Waals surface area contributed by atoms with Gasteiger partial charge in [-0.2, -0.15) is 14.8 Å². The highest BCUT2D eigenvalue weighted by Crippen LogP contribution is 2.20. The van der Waals surface area contributed by atoms with Gasteiger partial charge in [-0.15, -0.1) is 0 Å². The molecule has 1 atom stereocenters. The van der Waals surface area contributed by atoms with Crippen LogP contribution in [-0.4, -0.2) is 43.4 Å². The fraction of sp³-hybridized carbons (Fsp3) is 0.364. The van der Waals surface area contributed by atoms with Gasteiger partial charge in [0.15, 0.2) is 5.69 Å². The van der Waals surface area contributed by atoms with Gasteiger partial charge in [-0.05, 0) is 12.1 Å². The first-order valence-electron chi connectivity index (χ1n) is 5.58. The molecule has 2 rings (SSSR count). The summed E-state index contributed by atoms with van der Waals surface area (Å²) >= 11 is 0. The molecule has 1 unspecified atom stereocenters. The van der Waals surface area contributed by atoms with Gasteiger partial charge >= 0.3 is 0 Å². The Hall–Kier alpha value is -2.00. The molecule has 1 fully saturated rings. The minimum Gasteiger partial charge on any atom is -0.313 e. The second kappa shape index (κ2) is 5.33. The Morgan fingerprint density at radius 3 is 2.95 bits per heavy atom. The highest BCUT2D eigenvalue weighted by molar-refractivity contribution is 7.89. The molecule has 98 valence electrons. The van der Waals surface area contributed by atoms with E-state index < -0.39 is 16.1 Å². The summed E-state index contributed by atoms with van der Waals surface area (Å²) in [6, 6.07) is 5.72. The predicted octanol–water partition coefficient (Wildman–Crippen LogP) is -0.561. The number of aromatic nitrogens is 1. The van der Waals surface area contributed by atoms with Gasteiger partial charge in [-0.3, -0.25) is 0 Å². The molecule has 0 radical (unpaired) electrons. The number of rotatable bonds is 2. The van der Waals surface area contributed by atoms with E-state index in [2.05, 4.69) is 10.3 Å². The van der Waals surface area contributed by atoms with Crippen molar-refractivity contribution in [1.82, 2.24) is 14.6 Å². The number of nitrogens with one attached hydrogen (secondary N) is 1. The summed E-state index contributed by atoms with van der Waals surface area (Å²) in [5.74, 6) is 0. The van der Waals surface area contributed by atoms with E-state index in [1.165, 1.54) is 18.3 Å². The third-order valence-corrected chi connectivity index (χ3v) is 4.75. The first-order valence-corrected chi connectivity index (χ1v) is 7.02. The Bertz CT molecular complexity index is 658. The van der Waals surface area contributed by atoms with Gasteiger partial charge in [0.25, 0.3) is 0 Å². The maximum Gasteiger partial charge on any atom is 0.247 e. The fourth-order valence-corrected chi connectivity index (χ4v) is 3.53. The van der Waals surface area contributed by atoms with Gasteiger partial charge in [-0.25, -0.2) is 13.4 Å². The van der Waals surface area contributed by atoms with Crippen molar-refractivity contribution >= 4 is 10.0 Å². The summed E-state index contributed by atoms with van der Waals surface area (Å²) in [7, 11) is -3.88. The Morgan fingerprint density at radius 1 is 1.47 bits per heavy atom. The van der Waals surface area contributed by atoms with E-state index in [4.69, 9.17) is 10.5 Å². The number of nitriles is 2. The molecule has 1 aliphatic rings. The lowest BCUT2D eigenvalue weighted by Crippen LogP contribution is -2.52. The number of nitrogens with zero attached hydrogens (tertiary/aromatic N) is 4. The average molecular weight is 277 g/mol. The molecule has 0 spiro atoms. The van der Waals surface area contributed by atoms with E-state index in [1.54, 1.807) is 6.07 Å². The van der Waals surface area contributed by atoms with Crippen molar-refractivity contribution in [2.75, 3.05) is 19.6 Å². The third-order valence-electron chi connectivity index (χ3n) is 2.81.